The van der Waals surface area contributed by atoms with Crippen molar-refractivity contribution in [3.8, 4) is 5.75 Å². The van der Waals surface area contributed by atoms with E-state index in [4.69, 9.17) is 14.5 Å². The second-order valence-corrected chi connectivity index (χ2v) is 11.4. The maximum absolute atomic E-state index is 13.1. The molecule has 7 nitrogen and oxygen atoms in total. The molecule has 2 aromatic carbocycles. The molecule has 1 saturated heterocycles. The number of rotatable bonds is 10. The fraction of sp³-hybridized carbons (Fsp3) is 0.480. The van der Waals surface area contributed by atoms with Crippen molar-refractivity contribution in [2.75, 3.05) is 26.8 Å². The average Bonchev–Trinajstić information content (AvgIpc) is 3.46. The summed E-state index contributed by atoms with van der Waals surface area (Å²) in [6.07, 6.45) is 2.24. The second kappa shape index (κ2) is 10.7. The van der Waals surface area contributed by atoms with Gasteiger partial charge in [0.15, 0.2) is 5.16 Å². The molecular weight excluding hydrogens is 470 g/mol. The van der Waals surface area contributed by atoms with Gasteiger partial charge in [0.2, 0.25) is 10.0 Å². The number of nitrogens with zero attached hydrogens (tertiary/aromatic N) is 3. The lowest BCUT2D eigenvalue weighted by Crippen LogP contribution is -2.30. The van der Waals surface area contributed by atoms with Gasteiger partial charge in [0.05, 0.1) is 35.7 Å². The Morgan fingerprint density at radius 2 is 2.00 bits per heavy atom. The van der Waals surface area contributed by atoms with Gasteiger partial charge < -0.3 is 14.0 Å². The molecule has 1 aliphatic heterocycles. The van der Waals surface area contributed by atoms with Crippen LogP contribution in [-0.4, -0.2) is 55.2 Å². The Morgan fingerprint density at radius 1 is 1.21 bits per heavy atom. The molecule has 1 fully saturated rings. The summed E-state index contributed by atoms with van der Waals surface area (Å²) in [5, 5.41) is 0.872. The van der Waals surface area contributed by atoms with Crippen LogP contribution >= 0.6 is 11.8 Å². The van der Waals surface area contributed by atoms with Crippen LogP contribution in [0.1, 0.15) is 37.8 Å². The lowest BCUT2D eigenvalue weighted by molar-refractivity contribution is 0.0960. The van der Waals surface area contributed by atoms with E-state index in [2.05, 4.69) is 16.7 Å². The third-order valence-electron chi connectivity index (χ3n) is 6.27. The number of aryl methyl sites for hydroxylation is 1. The number of methoxy groups -OCH3 is 1. The van der Waals surface area contributed by atoms with Gasteiger partial charge in [-0.3, -0.25) is 0 Å². The van der Waals surface area contributed by atoms with E-state index in [1.807, 2.05) is 32.9 Å². The number of fused-ring (bicyclic) bond motifs is 1. The molecule has 4 rings (SSSR count). The predicted octanol–water partition coefficient (Wildman–Crippen LogP) is 4.86. The van der Waals surface area contributed by atoms with Crippen molar-refractivity contribution >= 4 is 32.8 Å². The third-order valence-corrected chi connectivity index (χ3v) is 9.36. The molecule has 34 heavy (non-hydrogen) atoms. The molecule has 0 amide bonds. The highest BCUT2D eigenvalue weighted by Gasteiger charge is 2.24. The minimum Gasteiger partial charge on any atom is -0.496 e. The molecule has 0 saturated carbocycles. The molecule has 0 unspecified atom stereocenters. The fourth-order valence-corrected chi connectivity index (χ4v) is 6.86. The van der Waals surface area contributed by atoms with Gasteiger partial charge in [-0.05, 0) is 55.2 Å². The highest BCUT2D eigenvalue weighted by atomic mass is 32.2. The summed E-state index contributed by atoms with van der Waals surface area (Å²) in [5.41, 5.74) is 3.91. The largest absolute Gasteiger partial charge is 0.496 e. The zero-order valence-electron chi connectivity index (χ0n) is 20.3. The number of aromatic nitrogens is 2. The standard InChI is InChI=1S/C25H33N3O4S2/c1-5-27(6-2)34(29,30)21-10-11-23-22(15-21)26-25(28(23)16-20-8-7-13-32-20)33-17-19-9-12-24(31-4)18(3)14-19/h9-12,14-15,20H,5-8,13,16-17H2,1-4H3/t20-/m1/s1. The summed E-state index contributed by atoms with van der Waals surface area (Å²) in [6.45, 7) is 8.12. The Hall–Kier alpha value is -2.07. The summed E-state index contributed by atoms with van der Waals surface area (Å²) in [4.78, 5) is 5.16. The molecule has 184 valence electrons. The Balaban J connectivity index is 1.68. The first-order chi connectivity index (χ1) is 16.4. The van der Waals surface area contributed by atoms with Crippen molar-refractivity contribution in [2.24, 2.45) is 0 Å². The maximum Gasteiger partial charge on any atom is 0.243 e. The number of sulfonamides is 1. The predicted molar refractivity (Wildman–Crippen MR) is 136 cm³/mol. The van der Waals surface area contributed by atoms with E-state index in [9.17, 15) is 8.42 Å². The summed E-state index contributed by atoms with van der Waals surface area (Å²) in [7, 11) is -1.87. The van der Waals surface area contributed by atoms with E-state index in [0.29, 0.717) is 25.2 Å². The van der Waals surface area contributed by atoms with E-state index < -0.39 is 10.0 Å². The van der Waals surface area contributed by atoms with Crippen LogP contribution in [0.25, 0.3) is 11.0 Å². The number of ether oxygens (including phenoxy) is 2. The molecule has 2 heterocycles. The van der Waals surface area contributed by atoms with Crippen LogP contribution in [0.4, 0.5) is 0 Å². The molecule has 1 atom stereocenters. The summed E-state index contributed by atoms with van der Waals surface area (Å²) in [5.74, 6) is 1.63. The zero-order valence-corrected chi connectivity index (χ0v) is 21.9. The molecule has 0 radical (unpaired) electrons. The number of benzene rings is 2. The molecule has 0 spiro atoms. The van der Waals surface area contributed by atoms with E-state index >= 15 is 0 Å². The topological polar surface area (TPSA) is 73.7 Å². The van der Waals surface area contributed by atoms with Gasteiger partial charge in [-0.1, -0.05) is 37.7 Å². The molecule has 3 aromatic rings. The van der Waals surface area contributed by atoms with E-state index in [-0.39, 0.29) is 11.0 Å². The number of hydrogen-bond acceptors (Lipinski definition) is 6. The van der Waals surface area contributed by atoms with E-state index in [1.54, 1.807) is 31.0 Å². The van der Waals surface area contributed by atoms with Crippen molar-refractivity contribution in [2.45, 2.75) is 62.1 Å². The van der Waals surface area contributed by atoms with Crippen LogP contribution in [0, 0.1) is 6.92 Å². The van der Waals surface area contributed by atoms with Crippen molar-refractivity contribution in [1.82, 2.24) is 13.9 Å². The molecule has 0 aliphatic carbocycles. The normalized spacial score (nSPS) is 16.6. The van der Waals surface area contributed by atoms with E-state index in [1.165, 1.54) is 9.87 Å². The van der Waals surface area contributed by atoms with Crippen molar-refractivity contribution in [3.63, 3.8) is 0 Å². The second-order valence-electron chi connectivity index (χ2n) is 8.47. The summed E-state index contributed by atoms with van der Waals surface area (Å²) in [6, 6.07) is 11.5. The lowest BCUT2D eigenvalue weighted by atomic mass is 10.1. The minimum atomic E-state index is -3.54. The van der Waals surface area contributed by atoms with Gasteiger partial charge >= 0.3 is 0 Å². The first kappa shape index (κ1) is 25.0. The van der Waals surface area contributed by atoms with Crippen molar-refractivity contribution in [1.29, 1.82) is 0 Å². The molecular formula is C25H33N3O4S2. The SMILES string of the molecule is CCN(CC)S(=O)(=O)c1ccc2c(c1)nc(SCc1ccc(OC)c(C)c1)n2C[C@H]1CCCO1. The smallest absolute Gasteiger partial charge is 0.243 e. The van der Waals surface area contributed by atoms with Gasteiger partial charge in [-0.2, -0.15) is 4.31 Å². The van der Waals surface area contributed by atoms with Gasteiger partial charge in [-0.25, -0.2) is 13.4 Å². The van der Waals surface area contributed by atoms with Gasteiger partial charge in [-0.15, -0.1) is 0 Å². The van der Waals surface area contributed by atoms with Gasteiger partial charge in [0, 0.05) is 25.4 Å². The Kier molecular flexibility index (Phi) is 7.87. The number of imidazole rings is 1. The highest BCUT2D eigenvalue weighted by Crippen LogP contribution is 2.31. The Morgan fingerprint density at radius 3 is 2.65 bits per heavy atom. The minimum absolute atomic E-state index is 0.152. The fourth-order valence-electron chi connectivity index (χ4n) is 4.42. The third kappa shape index (κ3) is 5.12. The Bertz CT molecular complexity index is 1250. The zero-order chi connectivity index (χ0) is 24.3. The first-order valence-electron chi connectivity index (χ1n) is 11.8. The van der Waals surface area contributed by atoms with Crippen LogP contribution in [0.2, 0.25) is 0 Å². The average molecular weight is 504 g/mol. The lowest BCUT2D eigenvalue weighted by Gasteiger charge is -2.18. The number of thioether (sulfide) groups is 1. The quantitative estimate of drug-likeness (QED) is 0.368. The van der Waals surface area contributed by atoms with Crippen LogP contribution in [0.3, 0.4) is 0 Å². The summed E-state index contributed by atoms with van der Waals surface area (Å²) >= 11 is 1.66. The highest BCUT2D eigenvalue weighted by molar-refractivity contribution is 7.98. The first-order valence-corrected chi connectivity index (χ1v) is 14.2. The monoisotopic (exact) mass is 503 g/mol. The molecule has 0 N–H and O–H groups in total. The van der Waals surface area contributed by atoms with Crippen LogP contribution in [0.15, 0.2) is 46.5 Å². The number of hydrogen-bond donors (Lipinski definition) is 0. The van der Waals surface area contributed by atoms with Crippen LogP contribution in [0.5, 0.6) is 5.75 Å². The van der Waals surface area contributed by atoms with Crippen LogP contribution < -0.4 is 4.74 Å². The van der Waals surface area contributed by atoms with Crippen LogP contribution in [-0.2, 0) is 27.1 Å². The molecule has 1 aromatic heterocycles. The van der Waals surface area contributed by atoms with Gasteiger partial charge in [0.25, 0.3) is 0 Å². The van der Waals surface area contributed by atoms with Gasteiger partial charge in [0.1, 0.15) is 5.75 Å². The maximum atomic E-state index is 13.1. The Labute approximate surface area is 206 Å². The van der Waals surface area contributed by atoms with Crippen molar-refractivity contribution < 1.29 is 17.9 Å². The van der Waals surface area contributed by atoms with E-state index in [0.717, 1.165) is 47.2 Å². The van der Waals surface area contributed by atoms with Crippen molar-refractivity contribution in [3.05, 3.63) is 47.5 Å². The summed E-state index contributed by atoms with van der Waals surface area (Å²) < 4.78 is 41.0. The molecule has 0 bridgehead atoms. The molecule has 1 aliphatic rings. The molecule has 9 heteroatoms.